The molecule has 3 N–H and O–H groups in total. The van der Waals surface area contributed by atoms with Gasteiger partial charge in [0, 0.05) is 12.1 Å². The van der Waals surface area contributed by atoms with Gasteiger partial charge in [-0.2, -0.15) is 0 Å². The summed E-state index contributed by atoms with van der Waals surface area (Å²) >= 11 is 0. The first-order chi connectivity index (χ1) is 9.63. The van der Waals surface area contributed by atoms with Gasteiger partial charge in [0.25, 0.3) is 5.92 Å². The van der Waals surface area contributed by atoms with Crippen LogP contribution in [0.2, 0.25) is 0 Å². The Labute approximate surface area is 131 Å². The second-order valence-electron chi connectivity index (χ2n) is 3.98. The number of hydrogen-bond donors (Lipinski definition) is 2. The monoisotopic (exact) mass is 361 g/mol. The van der Waals surface area contributed by atoms with Crippen LogP contribution >= 0.6 is 12.4 Å². The highest BCUT2D eigenvalue weighted by Crippen LogP contribution is 2.29. The molecule has 0 aliphatic heterocycles. The average molecular weight is 362 g/mol. The van der Waals surface area contributed by atoms with E-state index >= 15 is 0 Å². The largest absolute Gasteiger partial charge is 0.490 e. The van der Waals surface area contributed by atoms with E-state index in [-0.39, 0.29) is 18.2 Å². The molecule has 1 rings (SSSR count). The highest BCUT2D eigenvalue weighted by Gasteiger charge is 2.30. The Morgan fingerprint density at radius 1 is 1.45 bits per heavy atom. The van der Waals surface area contributed by atoms with Crippen molar-refractivity contribution < 1.29 is 26.9 Å². The lowest BCUT2D eigenvalue weighted by Crippen LogP contribution is -2.41. The van der Waals surface area contributed by atoms with Gasteiger partial charge in [-0.25, -0.2) is 21.9 Å². The minimum atomic E-state index is -4.27. The van der Waals surface area contributed by atoms with E-state index in [1.165, 1.54) is 0 Å². The molecule has 0 aliphatic carbocycles. The summed E-state index contributed by atoms with van der Waals surface area (Å²) in [4.78, 5) is 9.49. The third kappa shape index (κ3) is 5.02. The highest BCUT2D eigenvalue weighted by atomic mass is 35.5. The van der Waals surface area contributed by atoms with E-state index in [1.807, 2.05) is 0 Å². The van der Waals surface area contributed by atoms with Gasteiger partial charge in [0.2, 0.25) is 10.0 Å². The van der Waals surface area contributed by atoms with Crippen LogP contribution in [0.1, 0.15) is 0 Å². The Bertz CT molecular complexity index is 641. The molecule has 1 aromatic rings. The Morgan fingerprint density at radius 3 is 2.50 bits per heavy atom. The second-order valence-corrected chi connectivity index (χ2v) is 5.74. The van der Waals surface area contributed by atoms with Crippen LogP contribution in [-0.4, -0.2) is 39.5 Å². The van der Waals surface area contributed by atoms with Crippen LogP contribution in [0.3, 0.4) is 0 Å². The maximum absolute atomic E-state index is 12.9. The van der Waals surface area contributed by atoms with Crippen LogP contribution in [0.4, 0.5) is 14.5 Å². The lowest BCUT2D eigenvalue weighted by atomic mass is 10.3. The molecule has 0 saturated heterocycles. The molecule has 0 fully saturated rings. The molecule has 0 atom stereocenters. The molecular weight excluding hydrogens is 348 g/mol. The van der Waals surface area contributed by atoms with Gasteiger partial charge in [0.15, 0.2) is 5.75 Å². The number of rotatable bonds is 7. The standard InChI is InChI=1S/C10H13F2N3O5S.ClH/c1-20-9-4-7(2-3-8(9)15(16)17)21(18,19)14-6-10(11,12)5-13;/h2-4,14H,5-6,13H2,1H3;1H. The molecule has 0 saturated carbocycles. The minimum Gasteiger partial charge on any atom is -0.490 e. The average Bonchev–Trinajstić information content (AvgIpc) is 2.44. The van der Waals surface area contributed by atoms with Crippen LogP contribution in [0.15, 0.2) is 23.1 Å². The maximum atomic E-state index is 12.9. The van der Waals surface area contributed by atoms with Crippen LogP contribution in [0.25, 0.3) is 0 Å². The van der Waals surface area contributed by atoms with E-state index in [9.17, 15) is 27.3 Å². The molecule has 12 heteroatoms. The predicted octanol–water partition coefficient (Wildman–Crippen LogP) is 0.898. The zero-order valence-electron chi connectivity index (χ0n) is 11.3. The molecule has 0 spiro atoms. The molecule has 8 nitrogen and oxygen atoms in total. The van der Waals surface area contributed by atoms with Crippen molar-refractivity contribution in [2.24, 2.45) is 5.73 Å². The van der Waals surface area contributed by atoms with E-state index in [2.05, 4.69) is 0 Å². The minimum absolute atomic E-state index is 0. The molecule has 0 aromatic heterocycles. The summed E-state index contributed by atoms with van der Waals surface area (Å²) in [7, 11) is -3.15. The smallest absolute Gasteiger partial charge is 0.310 e. The SMILES string of the molecule is COc1cc(S(=O)(=O)NCC(F)(F)CN)ccc1[N+](=O)[O-].Cl. The van der Waals surface area contributed by atoms with Crippen molar-refractivity contribution in [2.45, 2.75) is 10.8 Å². The van der Waals surface area contributed by atoms with Crippen molar-refractivity contribution in [1.82, 2.24) is 4.72 Å². The van der Waals surface area contributed by atoms with Crippen LogP contribution in [-0.2, 0) is 10.0 Å². The number of alkyl halides is 2. The number of nitrogens with zero attached hydrogens (tertiary/aromatic N) is 1. The quantitative estimate of drug-likeness (QED) is 0.549. The zero-order chi connectivity index (χ0) is 16.3. The third-order valence-corrected chi connectivity index (χ3v) is 3.88. The molecule has 0 heterocycles. The second kappa shape index (κ2) is 7.63. The first-order valence-corrected chi connectivity index (χ1v) is 7.01. The van der Waals surface area contributed by atoms with Gasteiger partial charge in [0.1, 0.15) is 0 Å². The van der Waals surface area contributed by atoms with Gasteiger partial charge in [-0.1, -0.05) is 0 Å². The first kappa shape index (κ1) is 20.4. The van der Waals surface area contributed by atoms with E-state index in [0.717, 1.165) is 25.3 Å². The van der Waals surface area contributed by atoms with Crippen LogP contribution in [0, 0.1) is 10.1 Å². The Morgan fingerprint density at radius 2 is 2.05 bits per heavy atom. The molecule has 1 aromatic carbocycles. The molecule has 0 aliphatic rings. The molecule has 0 bridgehead atoms. The number of ether oxygens (including phenoxy) is 1. The fourth-order valence-electron chi connectivity index (χ4n) is 1.33. The molecule has 0 radical (unpaired) electrons. The summed E-state index contributed by atoms with van der Waals surface area (Å²) in [5.74, 6) is -3.69. The number of sulfonamides is 1. The third-order valence-electron chi connectivity index (χ3n) is 2.48. The maximum Gasteiger partial charge on any atom is 0.310 e. The van der Waals surface area contributed by atoms with E-state index in [4.69, 9.17) is 10.5 Å². The Balaban J connectivity index is 0.00000441. The number of benzene rings is 1. The summed E-state index contributed by atoms with van der Waals surface area (Å²) in [5.41, 5.74) is 4.35. The summed E-state index contributed by atoms with van der Waals surface area (Å²) in [6.07, 6.45) is 0. The zero-order valence-corrected chi connectivity index (χ0v) is 12.9. The highest BCUT2D eigenvalue weighted by molar-refractivity contribution is 7.89. The lowest BCUT2D eigenvalue weighted by molar-refractivity contribution is -0.385. The van der Waals surface area contributed by atoms with Crippen molar-refractivity contribution >= 4 is 28.1 Å². The normalized spacial score (nSPS) is 11.6. The number of nitrogens with one attached hydrogen (secondary N) is 1. The van der Waals surface area contributed by atoms with Gasteiger partial charge >= 0.3 is 5.69 Å². The first-order valence-electron chi connectivity index (χ1n) is 5.53. The number of nitro groups is 1. The molecule has 126 valence electrons. The van der Waals surface area contributed by atoms with Gasteiger partial charge in [0.05, 0.1) is 30.0 Å². The predicted molar refractivity (Wildman–Crippen MR) is 76.1 cm³/mol. The van der Waals surface area contributed by atoms with Crippen molar-refractivity contribution in [3.05, 3.63) is 28.3 Å². The van der Waals surface area contributed by atoms with Gasteiger partial charge in [-0.3, -0.25) is 10.1 Å². The van der Waals surface area contributed by atoms with Gasteiger partial charge in [-0.15, -0.1) is 12.4 Å². The Kier molecular flexibility index (Phi) is 7.09. The van der Waals surface area contributed by atoms with E-state index in [1.54, 1.807) is 4.72 Å². The van der Waals surface area contributed by atoms with E-state index in [0.29, 0.717) is 0 Å². The summed E-state index contributed by atoms with van der Waals surface area (Å²) in [6.45, 7) is -2.19. The van der Waals surface area contributed by atoms with Gasteiger partial charge in [-0.05, 0) is 6.07 Å². The van der Waals surface area contributed by atoms with Crippen molar-refractivity contribution in [3.63, 3.8) is 0 Å². The number of nitrogens with two attached hydrogens (primary N) is 1. The lowest BCUT2D eigenvalue weighted by Gasteiger charge is -2.15. The van der Waals surface area contributed by atoms with Crippen molar-refractivity contribution in [1.29, 1.82) is 0 Å². The molecular formula is C10H14ClF2N3O5S. The van der Waals surface area contributed by atoms with Crippen molar-refractivity contribution in [3.8, 4) is 5.75 Å². The summed E-state index contributed by atoms with van der Waals surface area (Å²) in [6, 6.07) is 2.71. The Hall–Kier alpha value is -1.56. The fourth-order valence-corrected chi connectivity index (χ4v) is 2.41. The fraction of sp³-hybridized carbons (Fsp3) is 0.400. The molecule has 0 unspecified atom stereocenters. The molecule has 22 heavy (non-hydrogen) atoms. The van der Waals surface area contributed by atoms with Gasteiger partial charge < -0.3 is 10.5 Å². The van der Waals surface area contributed by atoms with E-state index < -0.39 is 44.5 Å². The summed E-state index contributed by atoms with van der Waals surface area (Å²) in [5, 5.41) is 10.7. The van der Waals surface area contributed by atoms with Crippen LogP contribution < -0.4 is 15.2 Å². The molecule has 0 amide bonds. The number of hydrogen-bond acceptors (Lipinski definition) is 6. The van der Waals surface area contributed by atoms with Crippen LogP contribution in [0.5, 0.6) is 5.75 Å². The number of nitro benzene ring substituents is 1. The van der Waals surface area contributed by atoms with Crippen molar-refractivity contribution in [2.75, 3.05) is 20.2 Å². The number of methoxy groups -OCH3 is 1. The number of halogens is 3. The topological polar surface area (TPSA) is 125 Å². The summed E-state index contributed by atoms with van der Waals surface area (Å²) < 4.78 is 56.0.